The molecule has 1 amide bonds. The summed E-state index contributed by atoms with van der Waals surface area (Å²) in [6.45, 7) is 8.09. The van der Waals surface area contributed by atoms with Crippen molar-refractivity contribution in [2.45, 2.75) is 43.5 Å². The fourth-order valence-electron chi connectivity index (χ4n) is 7.44. The molecule has 0 saturated carbocycles. The maximum Gasteiger partial charge on any atom is 0.341 e. The number of quaternary nitrogens is 1. The van der Waals surface area contributed by atoms with Crippen molar-refractivity contribution in [3.8, 4) is 23.0 Å². The molecule has 0 bridgehead atoms. The highest BCUT2D eigenvalue weighted by atomic mass is 32.2. The van der Waals surface area contributed by atoms with Crippen LogP contribution in [0.4, 0.5) is 5.69 Å². The fraction of sp³-hybridized carbons (Fsp3) is 0.390. The Morgan fingerprint density at radius 2 is 1.33 bits per heavy atom. The number of rotatable bonds is 15. The van der Waals surface area contributed by atoms with Crippen molar-refractivity contribution in [3.63, 3.8) is 0 Å². The summed E-state index contributed by atoms with van der Waals surface area (Å²) in [5, 5.41) is 0. The van der Waals surface area contributed by atoms with Crippen LogP contribution in [0, 0.1) is 0 Å². The first-order valence-corrected chi connectivity index (χ1v) is 19.4. The van der Waals surface area contributed by atoms with E-state index >= 15 is 0 Å². The van der Waals surface area contributed by atoms with Crippen LogP contribution in [0.2, 0.25) is 0 Å². The first kappa shape index (κ1) is 37.3. The van der Waals surface area contributed by atoms with Gasteiger partial charge in [-0.3, -0.25) is 0 Å². The van der Waals surface area contributed by atoms with Gasteiger partial charge in [0.1, 0.15) is 11.4 Å². The number of methoxy groups -OCH3 is 3. The largest absolute Gasteiger partial charge is 0.493 e. The highest BCUT2D eigenvalue weighted by Crippen LogP contribution is 2.48. The van der Waals surface area contributed by atoms with Gasteiger partial charge in [0, 0.05) is 44.4 Å². The maximum absolute atomic E-state index is 14.7. The van der Waals surface area contributed by atoms with Gasteiger partial charge >= 0.3 is 15.9 Å². The number of amides is 1. The Bertz CT molecular complexity index is 1920. The Balaban J connectivity index is 1.07. The molecule has 0 aliphatic carbocycles. The summed E-state index contributed by atoms with van der Waals surface area (Å²) in [7, 11) is 0.686. The zero-order valence-electron chi connectivity index (χ0n) is 30.6. The molecule has 1 saturated heterocycles. The van der Waals surface area contributed by atoms with E-state index in [4.69, 9.17) is 18.9 Å². The minimum Gasteiger partial charge on any atom is -0.493 e. The van der Waals surface area contributed by atoms with Gasteiger partial charge < -0.3 is 28.7 Å². The van der Waals surface area contributed by atoms with Crippen molar-refractivity contribution in [3.05, 3.63) is 108 Å². The molecule has 2 heterocycles. The van der Waals surface area contributed by atoms with E-state index in [1.54, 1.807) is 70.7 Å². The molecule has 1 fully saturated rings. The Morgan fingerprint density at radius 3 is 2.00 bits per heavy atom. The van der Waals surface area contributed by atoms with Gasteiger partial charge in [0.25, 0.3) is 0 Å². The molecule has 52 heavy (non-hydrogen) atoms. The van der Waals surface area contributed by atoms with Gasteiger partial charge in [-0.05, 0) is 68.1 Å². The Kier molecular flexibility index (Phi) is 11.8. The number of hydrogen-bond acceptors (Lipinski definition) is 9. The summed E-state index contributed by atoms with van der Waals surface area (Å²) in [6, 6.07) is 27.4. The van der Waals surface area contributed by atoms with Crippen LogP contribution in [0.3, 0.4) is 0 Å². The quantitative estimate of drug-likeness (QED) is 0.104. The van der Waals surface area contributed by atoms with Gasteiger partial charge in [-0.2, -0.15) is 8.42 Å². The predicted molar refractivity (Wildman–Crippen MR) is 203 cm³/mol. The second-order valence-electron chi connectivity index (χ2n) is 13.4. The number of unbranched alkanes of at least 4 members (excludes halogenated alkanes) is 1. The summed E-state index contributed by atoms with van der Waals surface area (Å²) in [6.07, 6.45) is 2.63. The van der Waals surface area contributed by atoms with Crippen LogP contribution >= 0.6 is 0 Å². The summed E-state index contributed by atoms with van der Waals surface area (Å²) in [5.41, 5.74) is 2.78. The summed E-state index contributed by atoms with van der Waals surface area (Å²) >= 11 is 0. The van der Waals surface area contributed by atoms with Crippen LogP contribution < -0.4 is 22.8 Å². The number of piperazine rings is 1. The molecule has 0 spiro atoms. The number of sulfonamides is 1. The second kappa shape index (κ2) is 16.5. The monoisotopic (exact) mass is 728 g/mol. The standard InChI is InChI=1S/C41H50N3O7S/c1-31-34-16-8-11-19-39(34)52(46,47)44(41(31)45,30-32-14-6-5-7-15-32)35-17-9-10-18-36(35)51-27-13-12-21-42-23-25-43(26-24-42)22-20-33-28-37(48-2)40(50-4)38(29-33)49-3/h5-11,14-19,28-29,31H,12-13,20-27,30H2,1-4H3/q+1. The number of ether oxygens (including phenoxy) is 4. The molecule has 0 N–H and O–H groups in total. The van der Waals surface area contributed by atoms with E-state index in [0.29, 0.717) is 40.9 Å². The Labute approximate surface area is 308 Å². The van der Waals surface area contributed by atoms with Crippen LogP contribution in [0.25, 0.3) is 0 Å². The molecule has 4 aromatic rings. The number of hydrogen-bond donors (Lipinski definition) is 0. The molecule has 0 radical (unpaired) electrons. The number of carbonyl (C=O) groups excluding carboxylic acids is 1. The van der Waals surface area contributed by atoms with Gasteiger partial charge in [-0.1, -0.05) is 60.7 Å². The third-order valence-corrected chi connectivity index (χ3v) is 12.6. The third-order valence-electron chi connectivity index (χ3n) is 10.3. The van der Waals surface area contributed by atoms with Crippen LogP contribution in [0.1, 0.15) is 42.4 Å². The normalized spacial score (nSPS) is 20.2. The van der Waals surface area contributed by atoms with Crippen LogP contribution in [-0.2, 0) is 27.8 Å². The number of fused-ring (bicyclic) bond motifs is 1. The van der Waals surface area contributed by atoms with Crippen molar-refractivity contribution in [1.29, 1.82) is 0 Å². The lowest BCUT2D eigenvalue weighted by Crippen LogP contribution is -2.61. The summed E-state index contributed by atoms with van der Waals surface area (Å²) in [5.74, 6) is 1.37. The zero-order chi connectivity index (χ0) is 36.7. The fourth-order valence-corrected chi connectivity index (χ4v) is 9.70. The minimum absolute atomic E-state index is 0.0322. The molecule has 6 rings (SSSR count). The average Bonchev–Trinajstić information content (AvgIpc) is 3.18. The number of carbonyl (C=O) groups is 1. The van der Waals surface area contributed by atoms with Gasteiger partial charge in [-0.15, -0.1) is 3.89 Å². The number of para-hydroxylation sites is 2. The van der Waals surface area contributed by atoms with Gasteiger partial charge in [0.05, 0.1) is 33.9 Å². The molecule has 2 unspecified atom stereocenters. The van der Waals surface area contributed by atoms with Gasteiger partial charge in [0.15, 0.2) is 22.9 Å². The van der Waals surface area contributed by atoms with Crippen molar-refractivity contribution in [1.82, 2.24) is 13.7 Å². The highest BCUT2D eigenvalue weighted by molar-refractivity contribution is 7.91. The molecular formula is C41H50N3O7S+. The van der Waals surface area contributed by atoms with Gasteiger partial charge in [0.2, 0.25) is 5.75 Å². The highest BCUT2D eigenvalue weighted by Gasteiger charge is 2.59. The molecule has 276 valence electrons. The molecule has 11 heteroatoms. The SMILES string of the molecule is COc1cc(CCN2CCN(CCCCOc3ccccc3[N+]3(Cc4ccccc4)C(=O)C(C)c4ccccc4S3(=O)=O)CC2)cc(OC)c1OC. The summed E-state index contributed by atoms with van der Waals surface area (Å²) < 4.78 is 51.4. The van der Waals surface area contributed by atoms with Crippen molar-refractivity contribution in [2.75, 3.05) is 67.2 Å². The zero-order valence-corrected chi connectivity index (χ0v) is 31.4. The number of benzene rings is 4. The first-order valence-electron chi connectivity index (χ1n) is 18.0. The topological polar surface area (TPSA) is 94.6 Å². The Hall–Kier alpha value is -4.42. The van der Waals surface area contributed by atoms with Crippen LogP contribution in [0.15, 0.2) is 95.9 Å². The van der Waals surface area contributed by atoms with Crippen molar-refractivity contribution >= 4 is 21.6 Å². The second-order valence-corrected chi connectivity index (χ2v) is 15.5. The van der Waals surface area contributed by atoms with E-state index in [9.17, 15) is 13.2 Å². The number of nitrogens with zero attached hydrogens (tertiary/aromatic N) is 3. The lowest BCUT2D eigenvalue weighted by Gasteiger charge is -2.40. The lowest BCUT2D eigenvalue weighted by atomic mass is 9.98. The van der Waals surface area contributed by atoms with E-state index in [1.165, 1.54) is 0 Å². The Morgan fingerprint density at radius 1 is 0.712 bits per heavy atom. The van der Waals surface area contributed by atoms with Crippen LogP contribution in [-0.4, -0.2) is 91.3 Å². The van der Waals surface area contributed by atoms with E-state index < -0.39 is 19.8 Å². The molecular weight excluding hydrogens is 679 g/mol. The first-order chi connectivity index (χ1) is 25.2. The lowest BCUT2D eigenvalue weighted by molar-refractivity contribution is -0.128. The smallest absolute Gasteiger partial charge is 0.341 e. The summed E-state index contributed by atoms with van der Waals surface area (Å²) in [4.78, 5) is 19.6. The van der Waals surface area contributed by atoms with E-state index in [2.05, 4.69) is 9.80 Å². The van der Waals surface area contributed by atoms with E-state index in [0.717, 1.165) is 69.7 Å². The molecule has 0 aromatic heterocycles. The van der Waals surface area contributed by atoms with Crippen molar-refractivity contribution in [2.24, 2.45) is 0 Å². The van der Waals surface area contributed by atoms with Gasteiger partial charge in [-0.25, -0.2) is 4.79 Å². The van der Waals surface area contributed by atoms with Crippen molar-refractivity contribution < 1.29 is 32.2 Å². The van der Waals surface area contributed by atoms with Crippen LogP contribution in [0.5, 0.6) is 23.0 Å². The molecule has 2 aliphatic rings. The third kappa shape index (κ3) is 7.41. The molecule has 2 aliphatic heterocycles. The minimum atomic E-state index is -4.20. The van der Waals surface area contributed by atoms with E-state index in [1.807, 2.05) is 48.5 Å². The molecule has 10 nitrogen and oxygen atoms in total. The molecule has 4 aromatic carbocycles. The average molecular weight is 729 g/mol. The van der Waals surface area contributed by atoms with E-state index in [-0.39, 0.29) is 17.3 Å². The predicted octanol–water partition coefficient (Wildman–Crippen LogP) is 6.27. The maximum atomic E-state index is 14.7. The molecule has 2 atom stereocenters.